The number of pyridine rings is 1. The molecule has 0 aliphatic carbocycles. The van der Waals surface area contributed by atoms with Crippen molar-refractivity contribution in [1.29, 1.82) is 0 Å². The van der Waals surface area contributed by atoms with E-state index in [2.05, 4.69) is 20.8 Å². The van der Waals surface area contributed by atoms with Crippen LogP contribution in [0.25, 0.3) is 11.0 Å². The summed E-state index contributed by atoms with van der Waals surface area (Å²) in [5.74, 6) is 1.36. The molecule has 3 rings (SSSR count). The molecule has 0 spiro atoms. The zero-order valence-corrected chi connectivity index (χ0v) is 36.6. The van der Waals surface area contributed by atoms with E-state index in [4.69, 9.17) is 27.6 Å². The molecule has 57 heavy (non-hydrogen) atoms. The van der Waals surface area contributed by atoms with Gasteiger partial charge in [-0.15, -0.1) is 0 Å². The number of fused-ring (bicyclic) bond motifs is 1. The van der Waals surface area contributed by atoms with E-state index in [0.717, 1.165) is 50.0 Å². The van der Waals surface area contributed by atoms with E-state index in [1.807, 2.05) is 31.2 Å². The summed E-state index contributed by atoms with van der Waals surface area (Å²) in [4.78, 5) is 27.7. The number of rotatable bonds is 24. The van der Waals surface area contributed by atoms with E-state index >= 15 is 0 Å². The Labute approximate surface area is 338 Å². The van der Waals surface area contributed by atoms with Gasteiger partial charge >= 0.3 is 19.6 Å². The Hall–Kier alpha value is -3.78. The first-order chi connectivity index (χ1) is 26.6. The highest BCUT2D eigenvalue weighted by Gasteiger charge is 2.40. The molecule has 0 radical (unpaired) electrons. The molecule has 0 unspecified atom stereocenters. The monoisotopic (exact) mass is 819 g/mol. The molecule has 2 N–H and O–H groups in total. The van der Waals surface area contributed by atoms with E-state index < -0.39 is 41.2 Å². The number of aryl methyl sites for hydroxylation is 1. The predicted octanol–water partition coefficient (Wildman–Crippen LogP) is 11.1. The van der Waals surface area contributed by atoms with Crippen molar-refractivity contribution >= 4 is 36.4 Å². The highest BCUT2D eigenvalue weighted by Crippen LogP contribution is 2.55. The summed E-state index contributed by atoms with van der Waals surface area (Å²) in [7, 11) is -4.02. The summed E-state index contributed by atoms with van der Waals surface area (Å²) >= 11 is 0. The number of nitro groups is 1. The number of nitrogens with zero attached hydrogens (tertiary/aromatic N) is 3. The number of ether oxygens (including phenoxy) is 2. The van der Waals surface area contributed by atoms with Crippen LogP contribution in [0.1, 0.15) is 139 Å². The highest BCUT2D eigenvalue weighted by molar-refractivity contribution is 7.48. The van der Waals surface area contributed by atoms with E-state index in [-0.39, 0.29) is 17.9 Å². The molecule has 1 aromatic carbocycles. The average Bonchev–Trinajstić information content (AvgIpc) is 3.57. The van der Waals surface area contributed by atoms with Gasteiger partial charge in [0.25, 0.3) is 0 Å². The third-order valence-corrected chi connectivity index (χ3v) is 10.4. The summed E-state index contributed by atoms with van der Waals surface area (Å²) in [6.07, 6.45) is 13.2. The summed E-state index contributed by atoms with van der Waals surface area (Å²) in [6.45, 7) is 19.1. The van der Waals surface area contributed by atoms with Gasteiger partial charge in [0.05, 0.1) is 46.5 Å². The van der Waals surface area contributed by atoms with Crippen molar-refractivity contribution < 1.29 is 41.9 Å². The number of phosphoric ester groups is 1. The van der Waals surface area contributed by atoms with Crippen LogP contribution >= 0.6 is 7.82 Å². The fourth-order valence-electron chi connectivity index (χ4n) is 5.84. The average molecular weight is 820 g/mol. The molecule has 0 saturated carbocycles. The van der Waals surface area contributed by atoms with Gasteiger partial charge in [0.15, 0.2) is 0 Å². The summed E-state index contributed by atoms with van der Waals surface area (Å²) < 4.78 is 47.9. The van der Waals surface area contributed by atoms with E-state index in [9.17, 15) is 19.5 Å². The lowest BCUT2D eigenvalue weighted by Crippen LogP contribution is -2.51. The van der Waals surface area contributed by atoms with Gasteiger partial charge < -0.3 is 24.6 Å². The van der Waals surface area contributed by atoms with Crippen molar-refractivity contribution in [2.75, 3.05) is 25.1 Å². The molecule has 15 nitrogen and oxygen atoms in total. The number of alkyl carbamates (subject to hydrolysis) is 1. The Balaban J connectivity index is 1.35. The van der Waals surface area contributed by atoms with Crippen LogP contribution in [0.3, 0.4) is 0 Å². The number of hydrogen-bond donors (Lipinski definition) is 2. The lowest BCUT2D eigenvalue weighted by atomic mass is 9.94. The summed E-state index contributed by atoms with van der Waals surface area (Å²) in [5, 5.41) is 21.5. The van der Waals surface area contributed by atoms with E-state index in [1.54, 1.807) is 62.3 Å². The highest BCUT2D eigenvalue weighted by atomic mass is 31.2. The first-order valence-electron chi connectivity index (χ1n) is 20.1. The maximum absolute atomic E-state index is 13.8. The standard InChI is InChI=1S/C41H66N5O10P/c1-38(2,3)53-37(47)45-41(10,30-52-57(50,55-39(4,5)6)56-40(7,8)9)25-24-31-20-22-32(23-21-31)51-27-19-17-15-13-11-12-14-16-18-26-42-36-33-28-44-54-35(33)34(29-43-36)46(48)49/h20-23,28-29H,11-19,24-27,30H2,1-10H3,(H,42,43)(H,45,47)/t41-/m1/s1. The first-order valence-corrected chi connectivity index (χ1v) is 21.5. The van der Waals surface area contributed by atoms with Crippen LogP contribution in [-0.2, 0) is 29.3 Å². The molecule has 0 bridgehead atoms. The van der Waals surface area contributed by atoms with Crippen molar-refractivity contribution in [1.82, 2.24) is 15.5 Å². The quantitative estimate of drug-likeness (QED) is 0.0376. The second-order valence-electron chi connectivity index (χ2n) is 17.7. The maximum atomic E-state index is 13.8. The summed E-state index contributed by atoms with van der Waals surface area (Å²) in [6, 6.07) is 7.94. The molecule has 16 heteroatoms. The number of aromatic nitrogens is 2. The minimum atomic E-state index is -4.02. The molecular formula is C41H66N5O10P. The number of unbranched alkanes of at least 4 members (excludes halogenated alkanes) is 8. The van der Waals surface area contributed by atoms with Gasteiger partial charge in [-0.25, -0.2) is 14.3 Å². The molecule has 3 aromatic rings. The van der Waals surface area contributed by atoms with Crippen LogP contribution < -0.4 is 15.4 Å². The van der Waals surface area contributed by atoms with Crippen LogP contribution in [0.2, 0.25) is 0 Å². The third-order valence-electron chi connectivity index (χ3n) is 8.46. The zero-order valence-electron chi connectivity index (χ0n) is 35.7. The Kier molecular flexibility index (Phi) is 17.8. The normalized spacial score (nSPS) is 13.6. The maximum Gasteiger partial charge on any atom is 0.475 e. The van der Waals surface area contributed by atoms with Crippen molar-refractivity contribution in [2.24, 2.45) is 0 Å². The largest absolute Gasteiger partial charge is 0.494 e. The minimum absolute atomic E-state index is 0.130. The number of hydrogen-bond acceptors (Lipinski definition) is 13. The molecule has 0 aliphatic rings. The van der Waals surface area contributed by atoms with Gasteiger partial charge in [-0.3, -0.25) is 23.7 Å². The van der Waals surface area contributed by atoms with Gasteiger partial charge in [-0.05, 0) is 113 Å². The number of carbonyl (C=O) groups is 1. The molecule has 0 saturated heterocycles. The number of anilines is 1. The molecule has 2 heterocycles. The molecule has 1 amide bonds. The third kappa shape index (κ3) is 18.6. The van der Waals surface area contributed by atoms with E-state index in [0.29, 0.717) is 30.7 Å². The molecular weight excluding hydrogens is 753 g/mol. The predicted molar refractivity (Wildman–Crippen MR) is 222 cm³/mol. The fourth-order valence-corrected chi connectivity index (χ4v) is 7.76. The van der Waals surface area contributed by atoms with Crippen molar-refractivity contribution in [3.63, 3.8) is 0 Å². The molecule has 0 fully saturated rings. The lowest BCUT2D eigenvalue weighted by Gasteiger charge is -2.35. The number of benzene rings is 1. The van der Waals surface area contributed by atoms with Crippen molar-refractivity contribution in [3.05, 3.63) is 52.3 Å². The van der Waals surface area contributed by atoms with Crippen LogP contribution in [0, 0.1) is 10.1 Å². The number of carbonyl (C=O) groups excluding carboxylic acids is 1. The van der Waals surface area contributed by atoms with Crippen LogP contribution in [-0.4, -0.2) is 63.3 Å². The zero-order chi connectivity index (χ0) is 42.3. The van der Waals surface area contributed by atoms with E-state index in [1.165, 1.54) is 38.1 Å². The molecule has 0 aliphatic heterocycles. The minimum Gasteiger partial charge on any atom is -0.494 e. The van der Waals surface area contributed by atoms with Crippen LogP contribution in [0.5, 0.6) is 5.75 Å². The Bertz CT molecular complexity index is 1730. The Morgan fingerprint density at radius 2 is 1.40 bits per heavy atom. The Morgan fingerprint density at radius 3 is 1.96 bits per heavy atom. The van der Waals surface area contributed by atoms with Gasteiger partial charge in [-0.2, -0.15) is 0 Å². The van der Waals surface area contributed by atoms with Crippen LogP contribution in [0.15, 0.2) is 41.2 Å². The van der Waals surface area contributed by atoms with Gasteiger partial charge in [0.2, 0.25) is 5.58 Å². The second-order valence-corrected chi connectivity index (χ2v) is 19.3. The topological polar surface area (TPSA) is 186 Å². The second kappa shape index (κ2) is 21.3. The van der Waals surface area contributed by atoms with Crippen molar-refractivity contribution in [2.45, 2.75) is 162 Å². The van der Waals surface area contributed by atoms with Gasteiger partial charge in [0.1, 0.15) is 23.4 Å². The smallest absolute Gasteiger partial charge is 0.475 e. The number of nitrogens with one attached hydrogen (secondary N) is 2. The van der Waals surface area contributed by atoms with Crippen LogP contribution in [0.4, 0.5) is 16.3 Å². The SMILES string of the molecule is CC(C)(C)OC(=O)N[C@](C)(CCc1ccc(OCCCCCCCCCCCNc2ncc([N+](=O)[O-])c3oncc23)cc1)COP(=O)(OC(C)(C)C)OC(C)(C)C. The lowest BCUT2D eigenvalue weighted by molar-refractivity contribution is -0.384. The molecule has 1 atom stereocenters. The molecule has 320 valence electrons. The van der Waals surface area contributed by atoms with Gasteiger partial charge in [-0.1, -0.05) is 62.2 Å². The van der Waals surface area contributed by atoms with Gasteiger partial charge in [0, 0.05) is 6.54 Å². The number of amides is 1. The number of phosphoric acid groups is 1. The first kappa shape index (κ1) is 47.6. The fraction of sp³-hybridized carbons (Fsp3) is 0.683. The molecule has 2 aromatic heterocycles. The van der Waals surface area contributed by atoms with Crippen molar-refractivity contribution in [3.8, 4) is 5.75 Å². The summed E-state index contributed by atoms with van der Waals surface area (Å²) in [5.41, 5.74) is -2.26. The Morgan fingerprint density at radius 1 is 0.825 bits per heavy atom.